The van der Waals surface area contributed by atoms with Crippen LogP contribution >= 0.6 is 12.4 Å². The summed E-state index contributed by atoms with van der Waals surface area (Å²) in [6.45, 7) is 6.86. The predicted molar refractivity (Wildman–Crippen MR) is 86.8 cm³/mol. The van der Waals surface area contributed by atoms with E-state index in [1.165, 1.54) is 0 Å². The molecule has 1 aromatic rings. The van der Waals surface area contributed by atoms with E-state index in [0.717, 1.165) is 36.6 Å². The Morgan fingerprint density at radius 3 is 2.86 bits per heavy atom. The van der Waals surface area contributed by atoms with E-state index in [2.05, 4.69) is 24.5 Å². The van der Waals surface area contributed by atoms with Gasteiger partial charge in [-0.3, -0.25) is 4.79 Å². The van der Waals surface area contributed by atoms with E-state index < -0.39 is 0 Å². The second-order valence-electron chi connectivity index (χ2n) is 6.36. The Hall–Kier alpha value is -1.46. The molecule has 1 amide bonds. The first-order valence-corrected chi connectivity index (χ1v) is 7.45. The maximum atomic E-state index is 12.1. The van der Waals surface area contributed by atoms with E-state index in [4.69, 9.17) is 9.47 Å². The van der Waals surface area contributed by atoms with Crippen LogP contribution < -0.4 is 20.1 Å². The topological polar surface area (TPSA) is 59.6 Å². The first-order valence-electron chi connectivity index (χ1n) is 7.45. The largest absolute Gasteiger partial charge is 0.454 e. The lowest BCUT2D eigenvalue weighted by atomic mass is 9.84. The first kappa shape index (κ1) is 16.9. The van der Waals surface area contributed by atoms with E-state index in [1.807, 2.05) is 18.2 Å². The maximum Gasteiger partial charge on any atom is 0.231 e. The van der Waals surface area contributed by atoms with Gasteiger partial charge in [0.15, 0.2) is 11.5 Å². The molecule has 1 aromatic carbocycles. The van der Waals surface area contributed by atoms with Gasteiger partial charge in [-0.15, -0.1) is 12.4 Å². The van der Waals surface area contributed by atoms with Crippen LogP contribution in [0.4, 0.5) is 0 Å². The number of ether oxygens (including phenoxy) is 2. The van der Waals surface area contributed by atoms with Crippen molar-refractivity contribution < 1.29 is 14.3 Å². The highest BCUT2D eigenvalue weighted by Crippen LogP contribution is 2.36. The fourth-order valence-corrected chi connectivity index (χ4v) is 2.75. The van der Waals surface area contributed by atoms with Crippen molar-refractivity contribution in [2.45, 2.75) is 25.7 Å². The maximum absolute atomic E-state index is 12.1. The molecular weight excluding hydrogens is 304 g/mol. The van der Waals surface area contributed by atoms with Crippen LogP contribution in [0.3, 0.4) is 0 Å². The number of benzene rings is 1. The highest BCUT2D eigenvalue weighted by atomic mass is 35.5. The fraction of sp³-hybridized carbons (Fsp3) is 0.562. The van der Waals surface area contributed by atoms with Gasteiger partial charge in [0.05, 0.1) is 5.92 Å². The quantitative estimate of drug-likeness (QED) is 0.886. The average Bonchev–Trinajstić information content (AvgIpc) is 3.14. The van der Waals surface area contributed by atoms with Crippen LogP contribution in [0, 0.1) is 5.92 Å². The lowest BCUT2D eigenvalue weighted by Crippen LogP contribution is -2.40. The Bertz CT molecular complexity index is 542. The summed E-state index contributed by atoms with van der Waals surface area (Å²) in [5, 5.41) is 6.30. The van der Waals surface area contributed by atoms with Crippen LogP contribution in [0.15, 0.2) is 18.2 Å². The summed E-state index contributed by atoms with van der Waals surface area (Å²) in [6.07, 6.45) is 0.927. The number of hydrogen-bond acceptors (Lipinski definition) is 4. The van der Waals surface area contributed by atoms with Crippen molar-refractivity contribution in [3.63, 3.8) is 0 Å². The molecule has 0 saturated carbocycles. The fourth-order valence-electron chi connectivity index (χ4n) is 2.75. The summed E-state index contributed by atoms with van der Waals surface area (Å²) in [7, 11) is 0. The minimum absolute atomic E-state index is 0. The van der Waals surface area contributed by atoms with Crippen molar-refractivity contribution in [3.05, 3.63) is 23.8 Å². The molecule has 2 N–H and O–H groups in total. The molecule has 3 rings (SSSR count). The molecule has 22 heavy (non-hydrogen) atoms. The summed E-state index contributed by atoms with van der Waals surface area (Å²) < 4.78 is 10.8. The zero-order chi connectivity index (χ0) is 14.9. The van der Waals surface area contributed by atoms with Gasteiger partial charge in [0, 0.05) is 18.5 Å². The molecule has 1 fully saturated rings. The number of rotatable bonds is 4. The van der Waals surface area contributed by atoms with Gasteiger partial charge in [-0.25, -0.2) is 0 Å². The molecule has 2 aliphatic rings. The minimum atomic E-state index is -0.150. The zero-order valence-corrected chi connectivity index (χ0v) is 13.8. The van der Waals surface area contributed by atoms with Crippen molar-refractivity contribution in [3.8, 4) is 11.5 Å². The second-order valence-corrected chi connectivity index (χ2v) is 6.36. The number of carbonyl (C=O) groups excluding carboxylic acids is 1. The second kappa shape index (κ2) is 6.75. The molecule has 6 heteroatoms. The molecule has 0 spiro atoms. The third-order valence-electron chi connectivity index (χ3n) is 4.29. The third-order valence-corrected chi connectivity index (χ3v) is 4.29. The zero-order valence-electron chi connectivity index (χ0n) is 13.0. The molecule has 2 aliphatic heterocycles. The van der Waals surface area contributed by atoms with Crippen LogP contribution in [-0.4, -0.2) is 32.3 Å². The Balaban J connectivity index is 0.00000176. The molecule has 0 aromatic heterocycles. The van der Waals surface area contributed by atoms with Crippen molar-refractivity contribution in [2.75, 3.05) is 26.4 Å². The Morgan fingerprint density at radius 2 is 2.14 bits per heavy atom. The smallest absolute Gasteiger partial charge is 0.231 e. The summed E-state index contributed by atoms with van der Waals surface area (Å²) in [5.74, 6) is 1.83. The molecule has 2 heterocycles. The predicted octanol–water partition coefficient (Wildman–Crippen LogP) is 1.84. The van der Waals surface area contributed by atoms with Gasteiger partial charge >= 0.3 is 0 Å². The normalized spacial score (nSPS) is 19.6. The number of carbonyl (C=O) groups is 1. The van der Waals surface area contributed by atoms with Gasteiger partial charge in [0.2, 0.25) is 12.7 Å². The highest BCUT2D eigenvalue weighted by Gasteiger charge is 2.27. The van der Waals surface area contributed by atoms with E-state index in [-0.39, 0.29) is 36.4 Å². The monoisotopic (exact) mass is 326 g/mol. The molecule has 0 bridgehead atoms. The van der Waals surface area contributed by atoms with Crippen LogP contribution in [0.1, 0.15) is 25.8 Å². The minimum Gasteiger partial charge on any atom is -0.454 e. The van der Waals surface area contributed by atoms with Gasteiger partial charge < -0.3 is 20.1 Å². The summed E-state index contributed by atoms with van der Waals surface area (Å²) in [4.78, 5) is 12.1. The van der Waals surface area contributed by atoms with Crippen LogP contribution in [0.2, 0.25) is 0 Å². The van der Waals surface area contributed by atoms with Crippen LogP contribution in [0.25, 0.3) is 0 Å². The number of fused-ring (bicyclic) bond motifs is 1. The molecule has 122 valence electrons. The Morgan fingerprint density at radius 1 is 1.36 bits per heavy atom. The van der Waals surface area contributed by atoms with E-state index >= 15 is 0 Å². The van der Waals surface area contributed by atoms with Gasteiger partial charge in [0.25, 0.3) is 0 Å². The molecule has 1 atom stereocenters. The molecule has 5 nitrogen and oxygen atoms in total. The van der Waals surface area contributed by atoms with Crippen molar-refractivity contribution in [1.29, 1.82) is 0 Å². The Labute approximate surface area is 137 Å². The number of amides is 1. The molecule has 0 aliphatic carbocycles. The standard InChI is InChI=1S/C16H22N2O3.ClH/c1-16(2,9-18-15(19)11-5-6-17-8-11)12-3-4-13-14(7-12)21-10-20-13;/h3-4,7,11,17H,5-6,8-10H2,1-2H3,(H,18,19);1H. The van der Waals surface area contributed by atoms with Crippen LogP contribution in [0.5, 0.6) is 11.5 Å². The summed E-state index contributed by atoms with van der Waals surface area (Å²) in [6, 6.07) is 5.98. The van der Waals surface area contributed by atoms with Crippen molar-refractivity contribution in [1.82, 2.24) is 10.6 Å². The number of nitrogens with one attached hydrogen (secondary N) is 2. The van der Waals surface area contributed by atoms with Gasteiger partial charge in [0.1, 0.15) is 0 Å². The first-order chi connectivity index (χ1) is 10.1. The van der Waals surface area contributed by atoms with E-state index in [9.17, 15) is 4.79 Å². The molecule has 0 radical (unpaired) electrons. The SMILES string of the molecule is CC(C)(CNC(=O)C1CCNC1)c1ccc2c(c1)OCO2.Cl. The number of halogens is 1. The van der Waals surface area contributed by atoms with Crippen molar-refractivity contribution in [2.24, 2.45) is 5.92 Å². The molecule has 1 saturated heterocycles. The highest BCUT2D eigenvalue weighted by molar-refractivity contribution is 5.85. The summed E-state index contributed by atoms with van der Waals surface area (Å²) in [5.41, 5.74) is 0.986. The lowest BCUT2D eigenvalue weighted by Gasteiger charge is -2.26. The summed E-state index contributed by atoms with van der Waals surface area (Å²) >= 11 is 0. The van der Waals surface area contributed by atoms with E-state index in [1.54, 1.807) is 0 Å². The third kappa shape index (κ3) is 3.47. The molecular formula is C16H23ClN2O3. The Kier molecular flexibility index (Phi) is 5.19. The van der Waals surface area contributed by atoms with Gasteiger partial charge in [-0.2, -0.15) is 0 Å². The average molecular weight is 327 g/mol. The molecule has 1 unspecified atom stereocenters. The van der Waals surface area contributed by atoms with Crippen molar-refractivity contribution >= 4 is 18.3 Å². The van der Waals surface area contributed by atoms with Crippen LogP contribution in [-0.2, 0) is 10.2 Å². The van der Waals surface area contributed by atoms with Gasteiger partial charge in [-0.05, 0) is 30.7 Å². The lowest BCUT2D eigenvalue weighted by molar-refractivity contribution is -0.124. The number of hydrogen-bond donors (Lipinski definition) is 2. The van der Waals surface area contributed by atoms with Gasteiger partial charge in [-0.1, -0.05) is 19.9 Å². The van der Waals surface area contributed by atoms with E-state index in [0.29, 0.717) is 6.54 Å².